The lowest BCUT2D eigenvalue weighted by atomic mass is 9.85. The molecule has 1 aromatic carbocycles. The maximum Gasteiger partial charge on any atom is 0.255 e. The number of hydrogen-bond donors (Lipinski definition) is 2. The van der Waals surface area contributed by atoms with Gasteiger partial charge in [-0.1, -0.05) is 12.5 Å². The van der Waals surface area contributed by atoms with Crippen LogP contribution >= 0.6 is 0 Å². The first-order valence-corrected chi connectivity index (χ1v) is 6.44. The molecule has 1 saturated carbocycles. The molecule has 1 aliphatic rings. The quantitative estimate of drug-likeness (QED) is 0.633. The summed E-state index contributed by atoms with van der Waals surface area (Å²) in [5.41, 5.74) is 5.03. The molecule has 0 radical (unpaired) electrons. The number of carbonyl (C=O) groups is 1. The van der Waals surface area contributed by atoms with Crippen LogP contribution in [0, 0.1) is 12.8 Å². The van der Waals surface area contributed by atoms with Gasteiger partial charge in [-0.25, -0.2) is 0 Å². The summed E-state index contributed by atoms with van der Waals surface area (Å²) in [4.78, 5) is 14.1. The van der Waals surface area contributed by atoms with Crippen LogP contribution in [0.25, 0.3) is 0 Å². The van der Waals surface area contributed by atoms with Crippen molar-refractivity contribution < 1.29 is 4.79 Å². The molecule has 0 saturated heterocycles. The number of carbonyl (C=O) groups excluding carboxylic acids is 1. The lowest BCUT2D eigenvalue weighted by Gasteiger charge is -2.30. The lowest BCUT2D eigenvalue weighted by molar-refractivity contribution is 0.0746. The van der Waals surface area contributed by atoms with Crippen molar-refractivity contribution in [2.45, 2.75) is 26.2 Å². The van der Waals surface area contributed by atoms with Crippen molar-refractivity contribution in [3.8, 4) is 0 Å². The van der Waals surface area contributed by atoms with Gasteiger partial charge in [-0.3, -0.25) is 10.6 Å². The zero-order valence-corrected chi connectivity index (χ0v) is 11.1. The van der Waals surface area contributed by atoms with Gasteiger partial charge in [0.1, 0.15) is 0 Å². The largest absolute Gasteiger partial charge is 0.341 e. The van der Waals surface area contributed by atoms with Crippen molar-refractivity contribution in [3.63, 3.8) is 0 Å². The number of nitrogens with one attached hydrogen (secondary N) is 1. The summed E-state index contributed by atoms with van der Waals surface area (Å²) in [5.74, 6) is 6.19. The number of hydrogen-bond acceptors (Lipinski definition) is 3. The lowest BCUT2D eigenvalue weighted by Crippen LogP contribution is -2.34. The number of nitrogen functional groups attached to an aromatic ring is 1. The van der Waals surface area contributed by atoms with Gasteiger partial charge in [-0.05, 0) is 43.4 Å². The molecule has 0 aromatic heterocycles. The van der Waals surface area contributed by atoms with E-state index in [0.29, 0.717) is 17.2 Å². The molecule has 18 heavy (non-hydrogen) atoms. The number of anilines is 1. The van der Waals surface area contributed by atoms with Crippen LogP contribution in [0.4, 0.5) is 5.69 Å². The number of nitrogens with zero attached hydrogens (tertiary/aromatic N) is 1. The maximum absolute atomic E-state index is 12.3. The molecular weight excluding hydrogens is 226 g/mol. The third-order valence-corrected chi connectivity index (χ3v) is 3.66. The Morgan fingerprint density at radius 1 is 1.50 bits per heavy atom. The van der Waals surface area contributed by atoms with E-state index < -0.39 is 0 Å². The number of amides is 1. The molecule has 3 N–H and O–H groups in total. The summed E-state index contributed by atoms with van der Waals surface area (Å²) in [5, 5.41) is 0. The van der Waals surface area contributed by atoms with E-state index in [2.05, 4.69) is 5.43 Å². The number of rotatable bonds is 4. The van der Waals surface area contributed by atoms with Crippen LogP contribution in [0.5, 0.6) is 0 Å². The van der Waals surface area contributed by atoms with Crippen molar-refractivity contribution in [3.05, 3.63) is 29.3 Å². The summed E-state index contributed by atoms with van der Waals surface area (Å²) in [6, 6.07) is 5.67. The van der Waals surface area contributed by atoms with Gasteiger partial charge in [0.2, 0.25) is 0 Å². The zero-order chi connectivity index (χ0) is 13.1. The van der Waals surface area contributed by atoms with E-state index in [0.717, 1.165) is 12.1 Å². The van der Waals surface area contributed by atoms with Crippen molar-refractivity contribution in [2.75, 3.05) is 19.0 Å². The smallest absolute Gasteiger partial charge is 0.255 e. The molecule has 1 fully saturated rings. The molecule has 0 bridgehead atoms. The Kier molecular flexibility index (Phi) is 3.87. The number of aryl methyl sites for hydroxylation is 1. The van der Waals surface area contributed by atoms with Crippen molar-refractivity contribution in [2.24, 2.45) is 11.8 Å². The van der Waals surface area contributed by atoms with Gasteiger partial charge in [0.25, 0.3) is 5.91 Å². The molecule has 4 nitrogen and oxygen atoms in total. The fourth-order valence-corrected chi connectivity index (χ4v) is 2.32. The van der Waals surface area contributed by atoms with Gasteiger partial charge in [-0.2, -0.15) is 0 Å². The van der Waals surface area contributed by atoms with Crippen LogP contribution in [0.3, 0.4) is 0 Å². The van der Waals surface area contributed by atoms with Crippen LogP contribution in [0.2, 0.25) is 0 Å². The Morgan fingerprint density at radius 3 is 2.78 bits per heavy atom. The molecule has 4 heteroatoms. The second-order valence-electron chi connectivity index (χ2n) is 5.18. The van der Waals surface area contributed by atoms with Gasteiger partial charge < -0.3 is 10.3 Å². The van der Waals surface area contributed by atoms with E-state index in [1.807, 2.05) is 32.2 Å². The Morgan fingerprint density at radius 2 is 2.22 bits per heavy atom. The topological polar surface area (TPSA) is 58.4 Å². The van der Waals surface area contributed by atoms with Gasteiger partial charge in [-0.15, -0.1) is 0 Å². The summed E-state index contributed by atoms with van der Waals surface area (Å²) in [7, 11) is 1.86. The van der Waals surface area contributed by atoms with E-state index >= 15 is 0 Å². The zero-order valence-electron chi connectivity index (χ0n) is 11.1. The fourth-order valence-electron chi connectivity index (χ4n) is 2.32. The molecule has 0 spiro atoms. The minimum atomic E-state index is 0.0369. The molecule has 98 valence electrons. The first-order valence-electron chi connectivity index (χ1n) is 6.44. The molecular formula is C14H21N3O. The van der Waals surface area contributed by atoms with Crippen LogP contribution in [0.1, 0.15) is 35.2 Å². The molecule has 0 atom stereocenters. The SMILES string of the molecule is Cc1ccc(C(=O)N(C)CC2CCC2)c(NN)c1. The Hall–Kier alpha value is -1.55. The number of benzene rings is 1. The predicted octanol–water partition coefficient (Wildman–Crippen LogP) is 2.15. The highest BCUT2D eigenvalue weighted by atomic mass is 16.2. The van der Waals surface area contributed by atoms with E-state index in [1.165, 1.54) is 19.3 Å². The maximum atomic E-state index is 12.3. The van der Waals surface area contributed by atoms with E-state index in [4.69, 9.17) is 5.84 Å². The molecule has 1 aliphatic carbocycles. The predicted molar refractivity (Wildman–Crippen MR) is 73.3 cm³/mol. The van der Waals surface area contributed by atoms with Crippen LogP contribution in [-0.4, -0.2) is 24.4 Å². The van der Waals surface area contributed by atoms with Crippen molar-refractivity contribution >= 4 is 11.6 Å². The standard InChI is InChI=1S/C14H21N3O/c1-10-6-7-12(13(8-10)16-15)14(18)17(2)9-11-4-3-5-11/h6-8,11,16H,3-5,9,15H2,1-2H3. The average molecular weight is 247 g/mol. The molecule has 0 aliphatic heterocycles. The monoisotopic (exact) mass is 247 g/mol. The summed E-state index contributed by atoms with van der Waals surface area (Å²) < 4.78 is 0. The first kappa shape index (κ1) is 12.9. The minimum Gasteiger partial charge on any atom is -0.341 e. The highest BCUT2D eigenvalue weighted by Crippen LogP contribution is 2.27. The second-order valence-corrected chi connectivity index (χ2v) is 5.18. The Bertz CT molecular complexity index is 441. The van der Waals surface area contributed by atoms with E-state index in [1.54, 1.807) is 4.90 Å². The molecule has 1 aromatic rings. The summed E-state index contributed by atoms with van der Waals surface area (Å²) in [6.45, 7) is 2.82. The summed E-state index contributed by atoms with van der Waals surface area (Å²) in [6.07, 6.45) is 3.79. The molecule has 1 amide bonds. The third-order valence-electron chi connectivity index (χ3n) is 3.66. The average Bonchev–Trinajstić information content (AvgIpc) is 2.32. The second kappa shape index (κ2) is 5.40. The number of nitrogens with two attached hydrogens (primary N) is 1. The summed E-state index contributed by atoms with van der Waals surface area (Å²) >= 11 is 0. The Labute approximate surface area is 108 Å². The normalized spacial score (nSPS) is 15.1. The number of hydrazine groups is 1. The van der Waals surface area contributed by atoms with Crippen molar-refractivity contribution in [1.82, 2.24) is 4.90 Å². The van der Waals surface area contributed by atoms with Gasteiger partial charge in [0, 0.05) is 13.6 Å². The van der Waals surface area contributed by atoms with Crippen LogP contribution < -0.4 is 11.3 Å². The van der Waals surface area contributed by atoms with Crippen molar-refractivity contribution in [1.29, 1.82) is 0 Å². The third kappa shape index (κ3) is 2.64. The molecule has 0 unspecified atom stereocenters. The van der Waals surface area contributed by atoms with Crippen LogP contribution in [0.15, 0.2) is 18.2 Å². The molecule has 2 rings (SSSR count). The van der Waals surface area contributed by atoms with E-state index in [9.17, 15) is 4.79 Å². The first-order chi connectivity index (χ1) is 8.61. The highest BCUT2D eigenvalue weighted by Gasteiger charge is 2.23. The van der Waals surface area contributed by atoms with Crippen LogP contribution in [-0.2, 0) is 0 Å². The van der Waals surface area contributed by atoms with Gasteiger partial charge >= 0.3 is 0 Å². The minimum absolute atomic E-state index is 0.0369. The highest BCUT2D eigenvalue weighted by molar-refractivity contribution is 5.99. The van der Waals surface area contributed by atoms with Gasteiger partial charge in [0.15, 0.2) is 0 Å². The fraction of sp³-hybridized carbons (Fsp3) is 0.500. The Balaban J connectivity index is 2.11. The van der Waals surface area contributed by atoms with Gasteiger partial charge in [0.05, 0.1) is 11.3 Å². The molecule has 0 heterocycles. The van der Waals surface area contributed by atoms with E-state index in [-0.39, 0.29) is 5.91 Å².